The molecule has 1 amide bonds. The van der Waals surface area contributed by atoms with Crippen molar-refractivity contribution >= 4 is 28.9 Å². The largest absolute Gasteiger partial charge is 0.372 e. The van der Waals surface area contributed by atoms with E-state index in [9.17, 15) is 14.9 Å². The fourth-order valence-corrected chi connectivity index (χ4v) is 2.06. The third kappa shape index (κ3) is 2.70. The van der Waals surface area contributed by atoms with Crippen molar-refractivity contribution in [1.29, 1.82) is 0 Å². The van der Waals surface area contributed by atoms with Gasteiger partial charge in [-0.2, -0.15) is 0 Å². The predicted molar refractivity (Wildman–Crippen MR) is 67.8 cm³/mol. The van der Waals surface area contributed by atoms with Crippen molar-refractivity contribution in [2.24, 2.45) is 0 Å². The van der Waals surface area contributed by atoms with Crippen LogP contribution in [0.15, 0.2) is 18.2 Å². The SMILES string of the molecule is O=C1NCCCC1Nc1ccc([N+](=O)[O-])cc1Cl. The molecule has 1 aliphatic rings. The van der Waals surface area contributed by atoms with Crippen molar-refractivity contribution in [2.45, 2.75) is 18.9 Å². The van der Waals surface area contributed by atoms with Gasteiger partial charge in [-0.3, -0.25) is 14.9 Å². The number of nitrogens with one attached hydrogen (secondary N) is 2. The minimum absolute atomic E-state index is 0.0707. The highest BCUT2D eigenvalue weighted by molar-refractivity contribution is 6.33. The van der Waals surface area contributed by atoms with Gasteiger partial charge in [0, 0.05) is 18.7 Å². The van der Waals surface area contributed by atoms with E-state index in [1.165, 1.54) is 18.2 Å². The molecule has 1 unspecified atom stereocenters. The lowest BCUT2D eigenvalue weighted by Crippen LogP contribution is -2.44. The van der Waals surface area contributed by atoms with Gasteiger partial charge in [0.1, 0.15) is 6.04 Å². The van der Waals surface area contributed by atoms with Gasteiger partial charge in [-0.25, -0.2) is 0 Å². The summed E-state index contributed by atoms with van der Waals surface area (Å²) in [7, 11) is 0. The lowest BCUT2D eigenvalue weighted by atomic mass is 10.1. The average molecular weight is 270 g/mol. The van der Waals surface area contributed by atoms with Crippen LogP contribution >= 0.6 is 11.6 Å². The summed E-state index contributed by atoms with van der Waals surface area (Å²) in [6, 6.07) is 3.81. The first-order chi connectivity index (χ1) is 8.58. The number of piperidine rings is 1. The van der Waals surface area contributed by atoms with Gasteiger partial charge < -0.3 is 10.6 Å². The molecular formula is C11H12ClN3O3. The number of nitro benzene ring substituents is 1. The monoisotopic (exact) mass is 269 g/mol. The Morgan fingerprint density at radius 3 is 2.89 bits per heavy atom. The van der Waals surface area contributed by atoms with Crippen molar-refractivity contribution in [2.75, 3.05) is 11.9 Å². The van der Waals surface area contributed by atoms with E-state index in [1.807, 2.05) is 0 Å². The molecule has 2 rings (SSSR count). The van der Waals surface area contributed by atoms with Crippen molar-refractivity contribution in [1.82, 2.24) is 5.32 Å². The van der Waals surface area contributed by atoms with Gasteiger partial charge >= 0.3 is 0 Å². The van der Waals surface area contributed by atoms with Gasteiger partial charge in [-0.15, -0.1) is 0 Å². The van der Waals surface area contributed by atoms with E-state index in [0.717, 1.165) is 12.8 Å². The number of hydrogen-bond donors (Lipinski definition) is 2. The summed E-state index contributed by atoms with van der Waals surface area (Å²) >= 11 is 5.94. The number of anilines is 1. The third-order valence-electron chi connectivity index (χ3n) is 2.78. The summed E-state index contributed by atoms with van der Waals surface area (Å²) in [5, 5.41) is 16.6. The average Bonchev–Trinajstić information content (AvgIpc) is 2.34. The standard InChI is InChI=1S/C11H12ClN3O3/c12-8-6-7(15(17)18)3-4-9(8)14-10-2-1-5-13-11(10)16/h3-4,6,10,14H,1-2,5H2,(H,13,16). The molecule has 1 saturated heterocycles. The topological polar surface area (TPSA) is 84.3 Å². The van der Waals surface area contributed by atoms with Gasteiger partial charge in [0.25, 0.3) is 5.69 Å². The molecular weight excluding hydrogens is 258 g/mol. The molecule has 1 aromatic carbocycles. The Labute approximate surface area is 108 Å². The minimum atomic E-state index is -0.511. The highest BCUT2D eigenvalue weighted by Crippen LogP contribution is 2.27. The number of amides is 1. The molecule has 1 heterocycles. The van der Waals surface area contributed by atoms with Crippen LogP contribution in [0.25, 0.3) is 0 Å². The molecule has 96 valence electrons. The summed E-state index contributed by atoms with van der Waals surface area (Å²) in [5.74, 6) is -0.0735. The predicted octanol–water partition coefficient (Wildman–Crippen LogP) is 1.94. The van der Waals surface area contributed by atoms with Gasteiger partial charge in [0.15, 0.2) is 0 Å². The molecule has 0 aliphatic carbocycles. The van der Waals surface area contributed by atoms with Crippen LogP contribution in [0.1, 0.15) is 12.8 Å². The van der Waals surface area contributed by atoms with Crippen molar-refractivity contribution in [3.05, 3.63) is 33.3 Å². The molecule has 0 saturated carbocycles. The quantitative estimate of drug-likeness (QED) is 0.649. The first kappa shape index (κ1) is 12.6. The van der Waals surface area contributed by atoms with Gasteiger partial charge in [0.2, 0.25) is 5.91 Å². The molecule has 18 heavy (non-hydrogen) atoms. The van der Waals surface area contributed by atoms with Crippen molar-refractivity contribution < 1.29 is 9.72 Å². The first-order valence-electron chi connectivity index (χ1n) is 5.56. The number of carbonyl (C=O) groups excluding carboxylic acids is 1. The van der Waals surface area contributed by atoms with E-state index in [0.29, 0.717) is 12.2 Å². The van der Waals surface area contributed by atoms with E-state index in [-0.39, 0.29) is 22.7 Å². The second kappa shape index (κ2) is 5.22. The minimum Gasteiger partial charge on any atom is -0.372 e. The molecule has 1 fully saturated rings. The normalized spacial score (nSPS) is 19.2. The van der Waals surface area contributed by atoms with Crippen LogP contribution in [0.3, 0.4) is 0 Å². The molecule has 1 aromatic rings. The number of halogens is 1. The number of hydrogen-bond acceptors (Lipinski definition) is 4. The maximum atomic E-state index is 11.6. The first-order valence-corrected chi connectivity index (χ1v) is 5.94. The molecule has 7 heteroatoms. The van der Waals surface area contributed by atoms with E-state index in [4.69, 9.17) is 11.6 Å². The Balaban J connectivity index is 2.14. The molecule has 0 bridgehead atoms. The summed E-state index contributed by atoms with van der Waals surface area (Å²) in [4.78, 5) is 21.6. The van der Waals surface area contributed by atoms with Crippen LogP contribution in [0.2, 0.25) is 5.02 Å². The highest BCUT2D eigenvalue weighted by Gasteiger charge is 2.22. The van der Waals surface area contributed by atoms with Gasteiger partial charge in [0.05, 0.1) is 15.6 Å². The number of benzene rings is 1. The maximum absolute atomic E-state index is 11.6. The second-order valence-corrected chi connectivity index (χ2v) is 4.46. The number of non-ortho nitro benzene ring substituents is 1. The van der Waals surface area contributed by atoms with Crippen molar-refractivity contribution in [3.63, 3.8) is 0 Å². The highest BCUT2D eigenvalue weighted by atomic mass is 35.5. The lowest BCUT2D eigenvalue weighted by Gasteiger charge is -2.24. The van der Waals surface area contributed by atoms with E-state index in [1.54, 1.807) is 0 Å². The second-order valence-electron chi connectivity index (χ2n) is 4.05. The summed E-state index contributed by atoms with van der Waals surface area (Å²) in [6.45, 7) is 0.686. The van der Waals surface area contributed by atoms with E-state index >= 15 is 0 Å². The molecule has 0 aromatic heterocycles. The van der Waals surface area contributed by atoms with Crippen LogP contribution in [-0.2, 0) is 4.79 Å². The number of carbonyl (C=O) groups is 1. The van der Waals surface area contributed by atoms with Crippen LogP contribution < -0.4 is 10.6 Å². The lowest BCUT2D eigenvalue weighted by molar-refractivity contribution is -0.384. The van der Waals surface area contributed by atoms with E-state index < -0.39 is 4.92 Å². The zero-order valence-electron chi connectivity index (χ0n) is 9.48. The molecule has 1 atom stereocenters. The molecule has 0 radical (unpaired) electrons. The van der Waals surface area contributed by atoms with Crippen LogP contribution in [0.5, 0.6) is 0 Å². The van der Waals surface area contributed by atoms with Gasteiger partial charge in [-0.1, -0.05) is 11.6 Å². The third-order valence-corrected chi connectivity index (χ3v) is 3.09. The van der Waals surface area contributed by atoms with Crippen LogP contribution in [-0.4, -0.2) is 23.4 Å². The summed E-state index contributed by atoms with van der Waals surface area (Å²) in [6.07, 6.45) is 1.62. The summed E-state index contributed by atoms with van der Waals surface area (Å²) in [5.41, 5.74) is 0.461. The smallest absolute Gasteiger partial charge is 0.271 e. The van der Waals surface area contributed by atoms with E-state index in [2.05, 4.69) is 10.6 Å². The zero-order valence-corrected chi connectivity index (χ0v) is 10.2. The number of nitrogens with zero attached hydrogens (tertiary/aromatic N) is 1. The zero-order chi connectivity index (χ0) is 13.1. The van der Waals surface area contributed by atoms with Crippen molar-refractivity contribution in [3.8, 4) is 0 Å². The number of nitro groups is 1. The maximum Gasteiger partial charge on any atom is 0.271 e. The van der Waals surface area contributed by atoms with Crippen LogP contribution in [0.4, 0.5) is 11.4 Å². The summed E-state index contributed by atoms with van der Waals surface area (Å²) < 4.78 is 0. The fraction of sp³-hybridized carbons (Fsp3) is 0.364. The molecule has 1 aliphatic heterocycles. The molecule has 6 nitrogen and oxygen atoms in total. The van der Waals surface area contributed by atoms with Gasteiger partial charge in [-0.05, 0) is 18.9 Å². The Morgan fingerprint density at radius 1 is 1.50 bits per heavy atom. The Kier molecular flexibility index (Phi) is 3.66. The van der Waals surface area contributed by atoms with Crippen LogP contribution in [0, 0.1) is 10.1 Å². The Morgan fingerprint density at radius 2 is 2.28 bits per heavy atom. The molecule has 2 N–H and O–H groups in total. The molecule has 0 spiro atoms. The number of rotatable bonds is 3. The Bertz CT molecular complexity index is 492. The Hall–Kier alpha value is -1.82. The fourth-order valence-electron chi connectivity index (χ4n) is 1.83.